The molecule has 0 radical (unpaired) electrons. The van der Waals surface area contributed by atoms with Gasteiger partial charge in [-0.15, -0.1) is 0 Å². The third-order valence-corrected chi connectivity index (χ3v) is 3.12. The van der Waals surface area contributed by atoms with E-state index in [4.69, 9.17) is 11.5 Å². The second kappa shape index (κ2) is 6.09. The number of nitrogens with one attached hydrogen (secondary N) is 1. The fraction of sp³-hybridized carbons (Fsp3) is 0.0625. The van der Waals surface area contributed by atoms with Gasteiger partial charge in [-0.3, -0.25) is 4.98 Å². The van der Waals surface area contributed by atoms with Gasteiger partial charge in [-0.25, -0.2) is 4.98 Å². The highest BCUT2D eigenvalue weighted by atomic mass is 15.1. The van der Waals surface area contributed by atoms with E-state index >= 15 is 0 Å². The third-order valence-electron chi connectivity index (χ3n) is 3.12. The molecule has 0 aliphatic rings. The van der Waals surface area contributed by atoms with Gasteiger partial charge in [0, 0.05) is 36.3 Å². The first-order valence-corrected chi connectivity index (χ1v) is 6.84. The Morgan fingerprint density at radius 3 is 2.68 bits per heavy atom. The van der Waals surface area contributed by atoms with E-state index < -0.39 is 0 Å². The summed E-state index contributed by atoms with van der Waals surface area (Å²) < 4.78 is 0. The summed E-state index contributed by atoms with van der Waals surface area (Å²) in [5, 5.41) is 3.22. The molecule has 0 saturated carbocycles. The average Bonchev–Trinajstić information content (AvgIpc) is 2.53. The second-order valence-electron chi connectivity index (χ2n) is 4.84. The quantitative estimate of drug-likeness (QED) is 0.638. The number of hydrogen-bond donors (Lipinski definition) is 3. The Bertz CT molecular complexity index is 773. The van der Waals surface area contributed by atoms with Gasteiger partial charge in [-0.2, -0.15) is 4.98 Å². The van der Waals surface area contributed by atoms with Crippen LogP contribution in [-0.2, 0) is 6.54 Å². The molecule has 0 fully saturated rings. The number of anilines is 3. The molecule has 0 amide bonds. The lowest BCUT2D eigenvalue weighted by Gasteiger charge is -2.09. The van der Waals surface area contributed by atoms with E-state index in [1.165, 1.54) is 0 Å². The molecule has 0 unspecified atom stereocenters. The van der Waals surface area contributed by atoms with Crippen molar-refractivity contribution in [2.45, 2.75) is 6.54 Å². The van der Waals surface area contributed by atoms with Crippen LogP contribution in [0.1, 0.15) is 5.56 Å². The predicted octanol–water partition coefficient (Wildman–Crippen LogP) is 2.32. The first-order chi connectivity index (χ1) is 10.7. The molecular formula is C16H16N6. The maximum atomic E-state index is 5.81. The number of hydrogen-bond acceptors (Lipinski definition) is 6. The summed E-state index contributed by atoms with van der Waals surface area (Å²) in [4.78, 5) is 12.5. The normalized spacial score (nSPS) is 10.4. The van der Waals surface area contributed by atoms with Crippen molar-refractivity contribution in [3.05, 3.63) is 60.4 Å². The van der Waals surface area contributed by atoms with Crippen molar-refractivity contribution in [2.75, 3.05) is 16.8 Å². The van der Waals surface area contributed by atoms with Crippen molar-refractivity contribution in [2.24, 2.45) is 0 Å². The SMILES string of the molecule is Nc1cccc(-c2cc(NCc3cccnc3)nc(N)n2)c1. The van der Waals surface area contributed by atoms with Crippen molar-refractivity contribution in [3.8, 4) is 11.3 Å². The largest absolute Gasteiger partial charge is 0.399 e. The lowest BCUT2D eigenvalue weighted by atomic mass is 10.1. The summed E-state index contributed by atoms with van der Waals surface area (Å²) in [6.45, 7) is 0.612. The van der Waals surface area contributed by atoms with Crippen LogP contribution in [0.5, 0.6) is 0 Å². The summed E-state index contributed by atoms with van der Waals surface area (Å²) in [6, 6.07) is 13.2. The number of pyridine rings is 1. The summed E-state index contributed by atoms with van der Waals surface area (Å²) in [7, 11) is 0. The van der Waals surface area contributed by atoms with E-state index in [1.807, 2.05) is 42.5 Å². The molecule has 0 saturated heterocycles. The zero-order valence-electron chi connectivity index (χ0n) is 11.9. The second-order valence-corrected chi connectivity index (χ2v) is 4.84. The van der Waals surface area contributed by atoms with Gasteiger partial charge < -0.3 is 16.8 Å². The highest BCUT2D eigenvalue weighted by molar-refractivity contribution is 5.67. The predicted molar refractivity (Wildman–Crippen MR) is 87.9 cm³/mol. The van der Waals surface area contributed by atoms with Gasteiger partial charge in [0.05, 0.1) is 5.69 Å². The molecule has 0 aliphatic carbocycles. The van der Waals surface area contributed by atoms with Crippen molar-refractivity contribution >= 4 is 17.5 Å². The van der Waals surface area contributed by atoms with E-state index in [1.54, 1.807) is 12.4 Å². The first-order valence-electron chi connectivity index (χ1n) is 6.84. The number of nitrogens with zero attached hydrogens (tertiary/aromatic N) is 3. The van der Waals surface area contributed by atoms with Crippen LogP contribution in [0.4, 0.5) is 17.5 Å². The van der Waals surface area contributed by atoms with Gasteiger partial charge >= 0.3 is 0 Å². The molecule has 2 aromatic heterocycles. The standard InChI is InChI=1S/C16H16N6/c17-13-5-1-4-12(7-13)14-8-15(22-16(18)21-14)20-10-11-3-2-6-19-9-11/h1-9H,10,17H2,(H3,18,20,21,22). The Labute approximate surface area is 128 Å². The lowest BCUT2D eigenvalue weighted by molar-refractivity contribution is 1.07. The molecule has 3 rings (SSSR count). The lowest BCUT2D eigenvalue weighted by Crippen LogP contribution is -2.05. The van der Waals surface area contributed by atoms with Crippen LogP contribution < -0.4 is 16.8 Å². The number of aromatic nitrogens is 3. The van der Waals surface area contributed by atoms with Gasteiger partial charge in [-0.05, 0) is 23.8 Å². The minimum atomic E-state index is 0.216. The van der Waals surface area contributed by atoms with Crippen molar-refractivity contribution in [1.29, 1.82) is 0 Å². The van der Waals surface area contributed by atoms with Crippen LogP contribution in [0, 0.1) is 0 Å². The van der Waals surface area contributed by atoms with Gasteiger partial charge in [0.15, 0.2) is 0 Å². The van der Waals surface area contributed by atoms with Crippen molar-refractivity contribution in [3.63, 3.8) is 0 Å². The fourth-order valence-corrected chi connectivity index (χ4v) is 2.10. The average molecular weight is 292 g/mol. The van der Waals surface area contributed by atoms with Crippen LogP contribution in [0.2, 0.25) is 0 Å². The smallest absolute Gasteiger partial charge is 0.222 e. The molecule has 22 heavy (non-hydrogen) atoms. The molecule has 0 spiro atoms. The Morgan fingerprint density at radius 1 is 1.00 bits per heavy atom. The van der Waals surface area contributed by atoms with E-state index in [0.29, 0.717) is 18.1 Å². The highest BCUT2D eigenvalue weighted by Crippen LogP contribution is 2.22. The van der Waals surface area contributed by atoms with Gasteiger partial charge in [-0.1, -0.05) is 18.2 Å². The molecule has 3 aromatic rings. The van der Waals surface area contributed by atoms with E-state index in [0.717, 1.165) is 16.8 Å². The van der Waals surface area contributed by atoms with Gasteiger partial charge in [0.25, 0.3) is 0 Å². The maximum absolute atomic E-state index is 5.81. The monoisotopic (exact) mass is 292 g/mol. The Kier molecular flexibility index (Phi) is 3.82. The molecule has 6 nitrogen and oxygen atoms in total. The Morgan fingerprint density at radius 2 is 1.91 bits per heavy atom. The third kappa shape index (κ3) is 3.29. The molecule has 1 aromatic carbocycles. The molecule has 2 heterocycles. The summed E-state index contributed by atoms with van der Waals surface area (Å²) in [6.07, 6.45) is 3.54. The molecule has 6 heteroatoms. The van der Waals surface area contributed by atoms with Crippen LogP contribution in [0.25, 0.3) is 11.3 Å². The van der Waals surface area contributed by atoms with Crippen molar-refractivity contribution in [1.82, 2.24) is 15.0 Å². The number of rotatable bonds is 4. The maximum Gasteiger partial charge on any atom is 0.222 e. The zero-order valence-corrected chi connectivity index (χ0v) is 11.9. The topological polar surface area (TPSA) is 103 Å². The van der Waals surface area contributed by atoms with E-state index in [2.05, 4.69) is 20.3 Å². The molecule has 0 atom stereocenters. The first kappa shape index (κ1) is 13.8. The molecule has 5 N–H and O–H groups in total. The molecule has 110 valence electrons. The summed E-state index contributed by atoms with van der Waals surface area (Å²) in [5.41, 5.74) is 15.0. The molecule has 0 bridgehead atoms. The van der Waals surface area contributed by atoms with E-state index in [9.17, 15) is 0 Å². The highest BCUT2D eigenvalue weighted by Gasteiger charge is 2.05. The van der Waals surface area contributed by atoms with Crippen LogP contribution in [0.3, 0.4) is 0 Å². The number of nitrogens with two attached hydrogens (primary N) is 2. The van der Waals surface area contributed by atoms with Crippen LogP contribution in [0.15, 0.2) is 54.9 Å². The minimum Gasteiger partial charge on any atom is -0.399 e. The van der Waals surface area contributed by atoms with Gasteiger partial charge in [0.1, 0.15) is 5.82 Å². The minimum absolute atomic E-state index is 0.216. The van der Waals surface area contributed by atoms with Crippen molar-refractivity contribution < 1.29 is 0 Å². The zero-order chi connectivity index (χ0) is 15.4. The summed E-state index contributed by atoms with van der Waals surface area (Å²) in [5.74, 6) is 0.877. The Hall–Kier alpha value is -3.15. The number of benzene rings is 1. The fourth-order valence-electron chi connectivity index (χ4n) is 2.10. The van der Waals surface area contributed by atoms with Gasteiger partial charge in [0.2, 0.25) is 5.95 Å². The molecular weight excluding hydrogens is 276 g/mol. The van der Waals surface area contributed by atoms with E-state index in [-0.39, 0.29) is 5.95 Å². The van der Waals surface area contributed by atoms with Crippen LogP contribution in [-0.4, -0.2) is 15.0 Å². The van der Waals surface area contributed by atoms with Crippen LogP contribution >= 0.6 is 0 Å². The summed E-state index contributed by atoms with van der Waals surface area (Å²) >= 11 is 0. The Balaban J connectivity index is 1.84. The molecule has 0 aliphatic heterocycles. The number of nitrogen functional groups attached to an aromatic ring is 2.